The first kappa shape index (κ1) is 13.6. The lowest BCUT2D eigenvalue weighted by Gasteiger charge is -2.27. The summed E-state index contributed by atoms with van der Waals surface area (Å²) in [4.78, 5) is 12.4. The van der Waals surface area contributed by atoms with Gasteiger partial charge in [-0.1, -0.05) is 24.3 Å². The molecule has 1 aromatic rings. The highest BCUT2D eigenvalue weighted by molar-refractivity contribution is 5.84. The van der Waals surface area contributed by atoms with Gasteiger partial charge in [0.1, 0.15) is 0 Å². The third-order valence-electron chi connectivity index (χ3n) is 4.19. The van der Waals surface area contributed by atoms with E-state index >= 15 is 0 Å². The summed E-state index contributed by atoms with van der Waals surface area (Å²) in [5.41, 5.74) is 2.39. The summed E-state index contributed by atoms with van der Waals surface area (Å²) in [5, 5.41) is 6.38. The molecular formula is C16H22N2O2. The topological polar surface area (TPSA) is 50.4 Å². The SMILES string of the molecule is O=C(NCC1CCCCO1)C1CNCc2ccccc21. The van der Waals surface area contributed by atoms with Crippen molar-refractivity contribution in [3.05, 3.63) is 35.4 Å². The van der Waals surface area contributed by atoms with E-state index < -0.39 is 0 Å². The molecule has 0 radical (unpaired) electrons. The maximum absolute atomic E-state index is 12.4. The van der Waals surface area contributed by atoms with Crippen molar-refractivity contribution >= 4 is 5.91 Å². The van der Waals surface area contributed by atoms with Gasteiger partial charge in [-0.05, 0) is 30.4 Å². The van der Waals surface area contributed by atoms with Crippen LogP contribution in [0.1, 0.15) is 36.3 Å². The Morgan fingerprint density at radius 3 is 3.10 bits per heavy atom. The van der Waals surface area contributed by atoms with E-state index in [2.05, 4.69) is 22.8 Å². The zero-order valence-electron chi connectivity index (χ0n) is 11.7. The molecule has 0 saturated carbocycles. The highest BCUT2D eigenvalue weighted by atomic mass is 16.5. The number of carbonyl (C=O) groups excluding carboxylic acids is 1. The minimum atomic E-state index is -0.0801. The number of nitrogens with one attached hydrogen (secondary N) is 2. The Hall–Kier alpha value is -1.39. The third-order valence-corrected chi connectivity index (χ3v) is 4.19. The van der Waals surface area contributed by atoms with Crippen molar-refractivity contribution in [2.45, 2.75) is 37.8 Å². The number of hydrogen-bond acceptors (Lipinski definition) is 3. The second-order valence-corrected chi connectivity index (χ2v) is 5.62. The van der Waals surface area contributed by atoms with Crippen LogP contribution in [-0.4, -0.2) is 31.7 Å². The molecule has 1 amide bonds. The first-order chi connectivity index (χ1) is 9.84. The molecule has 1 fully saturated rings. The van der Waals surface area contributed by atoms with Crippen LogP contribution in [0.3, 0.4) is 0 Å². The van der Waals surface area contributed by atoms with E-state index in [1.807, 2.05) is 12.1 Å². The third kappa shape index (κ3) is 3.02. The smallest absolute Gasteiger partial charge is 0.228 e. The number of amides is 1. The van der Waals surface area contributed by atoms with Crippen molar-refractivity contribution < 1.29 is 9.53 Å². The van der Waals surface area contributed by atoms with E-state index in [4.69, 9.17) is 4.74 Å². The average molecular weight is 274 g/mol. The summed E-state index contributed by atoms with van der Waals surface area (Å²) in [6.45, 7) is 3.03. The second-order valence-electron chi connectivity index (χ2n) is 5.62. The van der Waals surface area contributed by atoms with Gasteiger partial charge in [-0.2, -0.15) is 0 Å². The van der Waals surface area contributed by atoms with Gasteiger partial charge in [0.2, 0.25) is 5.91 Å². The van der Waals surface area contributed by atoms with Crippen LogP contribution in [0.15, 0.2) is 24.3 Å². The van der Waals surface area contributed by atoms with E-state index in [0.717, 1.165) is 31.6 Å². The molecule has 0 aromatic heterocycles. The van der Waals surface area contributed by atoms with Gasteiger partial charge in [0.15, 0.2) is 0 Å². The summed E-state index contributed by atoms with van der Waals surface area (Å²) in [7, 11) is 0. The standard InChI is InChI=1S/C16H22N2O2/c19-16(18-10-13-6-3-4-8-20-13)15-11-17-9-12-5-1-2-7-14(12)15/h1-2,5,7,13,15,17H,3-4,6,8-11H2,(H,18,19). The first-order valence-corrected chi connectivity index (χ1v) is 7.52. The van der Waals surface area contributed by atoms with Crippen molar-refractivity contribution in [3.8, 4) is 0 Å². The van der Waals surface area contributed by atoms with Crippen molar-refractivity contribution in [2.75, 3.05) is 19.7 Å². The molecule has 2 atom stereocenters. The van der Waals surface area contributed by atoms with E-state index in [9.17, 15) is 4.79 Å². The molecule has 0 aliphatic carbocycles. The zero-order valence-corrected chi connectivity index (χ0v) is 11.7. The van der Waals surface area contributed by atoms with Crippen LogP contribution in [0.5, 0.6) is 0 Å². The number of benzene rings is 1. The molecule has 2 heterocycles. The van der Waals surface area contributed by atoms with Gasteiger partial charge in [-0.15, -0.1) is 0 Å². The van der Waals surface area contributed by atoms with E-state index in [-0.39, 0.29) is 17.9 Å². The molecule has 4 heteroatoms. The van der Waals surface area contributed by atoms with E-state index in [0.29, 0.717) is 13.1 Å². The monoisotopic (exact) mass is 274 g/mol. The Morgan fingerprint density at radius 2 is 2.25 bits per heavy atom. The lowest BCUT2D eigenvalue weighted by molar-refractivity contribution is -0.123. The predicted molar refractivity (Wildman–Crippen MR) is 77.5 cm³/mol. The van der Waals surface area contributed by atoms with Gasteiger partial charge in [-0.3, -0.25) is 4.79 Å². The molecule has 2 aliphatic rings. The lowest BCUT2D eigenvalue weighted by atomic mass is 9.90. The number of hydrogen-bond donors (Lipinski definition) is 2. The lowest BCUT2D eigenvalue weighted by Crippen LogP contribution is -2.42. The maximum atomic E-state index is 12.4. The summed E-state index contributed by atoms with van der Waals surface area (Å²) in [5.74, 6) is 0.0300. The Labute approximate surface area is 119 Å². The molecule has 1 aromatic carbocycles. The van der Waals surface area contributed by atoms with Crippen molar-refractivity contribution in [1.82, 2.24) is 10.6 Å². The van der Waals surface area contributed by atoms with Gasteiger partial charge in [0, 0.05) is 26.2 Å². The van der Waals surface area contributed by atoms with Gasteiger partial charge >= 0.3 is 0 Å². The van der Waals surface area contributed by atoms with Crippen LogP contribution >= 0.6 is 0 Å². The fourth-order valence-electron chi connectivity index (χ4n) is 3.04. The van der Waals surface area contributed by atoms with Crippen molar-refractivity contribution in [2.24, 2.45) is 0 Å². The predicted octanol–water partition coefficient (Wildman–Crippen LogP) is 1.56. The maximum Gasteiger partial charge on any atom is 0.228 e. The number of carbonyl (C=O) groups is 1. The molecule has 108 valence electrons. The summed E-state index contributed by atoms with van der Waals surface area (Å²) in [6, 6.07) is 8.19. The molecule has 2 aliphatic heterocycles. The van der Waals surface area contributed by atoms with Gasteiger partial charge in [0.05, 0.1) is 12.0 Å². The highest BCUT2D eigenvalue weighted by Gasteiger charge is 2.26. The molecular weight excluding hydrogens is 252 g/mol. The highest BCUT2D eigenvalue weighted by Crippen LogP contribution is 2.24. The van der Waals surface area contributed by atoms with Crippen LogP contribution < -0.4 is 10.6 Å². The van der Waals surface area contributed by atoms with Crippen LogP contribution in [0.4, 0.5) is 0 Å². The molecule has 2 N–H and O–H groups in total. The molecule has 20 heavy (non-hydrogen) atoms. The molecule has 2 unspecified atom stereocenters. The second kappa shape index (κ2) is 6.37. The van der Waals surface area contributed by atoms with Crippen LogP contribution in [0.25, 0.3) is 0 Å². The normalized spacial score (nSPS) is 25.8. The average Bonchev–Trinajstić information content (AvgIpc) is 2.53. The molecule has 1 saturated heterocycles. The van der Waals surface area contributed by atoms with Crippen molar-refractivity contribution in [3.63, 3.8) is 0 Å². The fourth-order valence-corrected chi connectivity index (χ4v) is 3.04. The van der Waals surface area contributed by atoms with Gasteiger partial charge < -0.3 is 15.4 Å². The van der Waals surface area contributed by atoms with Crippen LogP contribution in [0, 0.1) is 0 Å². The largest absolute Gasteiger partial charge is 0.376 e. The molecule has 4 nitrogen and oxygen atoms in total. The summed E-state index contributed by atoms with van der Waals surface area (Å²) >= 11 is 0. The minimum absolute atomic E-state index is 0.0801. The molecule has 0 spiro atoms. The zero-order chi connectivity index (χ0) is 13.8. The van der Waals surface area contributed by atoms with Gasteiger partial charge in [-0.25, -0.2) is 0 Å². The molecule has 0 bridgehead atoms. The van der Waals surface area contributed by atoms with E-state index in [1.165, 1.54) is 12.0 Å². The Kier molecular flexibility index (Phi) is 4.33. The Balaban J connectivity index is 1.60. The van der Waals surface area contributed by atoms with Crippen molar-refractivity contribution in [1.29, 1.82) is 0 Å². The minimum Gasteiger partial charge on any atom is -0.376 e. The quantitative estimate of drug-likeness (QED) is 0.879. The Bertz CT molecular complexity index is 469. The van der Waals surface area contributed by atoms with Crippen LogP contribution in [-0.2, 0) is 16.1 Å². The first-order valence-electron chi connectivity index (χ1n) is 7.52. The van der Waals surface area contributed by atoms with E-state index in [1.54, 1.807) is 0 Å². The Morgan fingerprint density at radius 1 is 1.35 bits per heavy atom. The van der Waals surface area contributed by atoms with Gasteiger partial charge in [0.25, 0.3) is 0 Å². The number of ether oxygens (including phenoxy) is 1. The summed E-state index contributed by atoms with van der Waals surface area (Å²) in [6.07, 6.45) is 3.60. The number of fused-ring (bicyclic) bond motifs is 1. The summed E-state index contributed by atoms with van der Waals surface area (Å²) < 4.78 is 5.65. The fraction of sp³-hybridized carbons (Fsp3) is 0.562. The van der Waals surface area contributed by atoms with Crippen LogP contribution in [0.2, 0.25) is 0 Å². The number of rotatable bonds is 3. The molecule has 3 rings (SSSR count).